The molecular weight excluding hydrogens is 388 g/mol. The number of morpholine rings is 1. The lowest BCUT2D eigenvalue weighted by atomic mass is 9.84. The van der Waals surface area contributed by atoms with Crippen molar-refractivity contribution in [2.75, 3.05) is 18.9 Å². The average molecular weight is 413 g/mol. The molecule has 2 aliphatic rings. The third-order valence-corrected chi connectivity index (χ3v) is 6.33. The molecule has 1 saturated heterocycles. The summed E-state index contributed by atoms with van der Waals surface area (Å²) < 4.78 is 6.40. The number of amides is 1. The minimum Gasteiger partial charge on any atom is -0.384 e. The normalized spacial score (nSPS) is 23.3. The van der Waals surface area contributed by atoms with Gasteiger partial charge in [0.1, 0.15) is 5.82 Å². The van der Waals surface area contributed by atoms with Crippen LogP contribution in [0.3, 0.4) is 0 Å². The fourth-order valence-corrected chi connectivity index (χ4v) is 4.65. The number of aromatic nitrogens is 2. The quantitative estimate of drug-likeness (QED) is 0.772. The third kappa shape index (κ3) is 3.63. The number of halogens is 1. The third-order valence-electron chi connectivity index (χ3n) is 6.11. The molecule has 1 aromatic carbocycles. The molecule has 7 heteroatoms. The number of ether oxygens (including phenoxy) is 1. The lowest BCUT2D eigenvalue weighted by Crippen LogP contribution is -2.61. The molecule has 1 spiro atoms. The van der Waals surface area contributed by atoms with Crippen LogP contribution in [0.1, 0.15) is 38.2 Å². The average Bonchev–Trinajstić information content (AvgIpc) is 3.17. The number of nitrogen functional groups attached to an aromatic ring is 1. The summed E-state index contributed by atoms with van der Waals surface area (Å²) >= 11 is 6.45. The minimum absolute atomic E-state index is 0.108. The number of rotatable bonds is 3. The predicted molar refractivity (Wildman–Crippen MR) is 113 cm³/mol. The fraction of sp³-hybridized carbons (Fsp3) is 0.409. The molecule has 1 aliphatic heterocycles. The van der Waals surface area contributed by atoms with Crippen LogP contribution < -0.4 is 5.73 Å². The Morgan fingerprint density at radius 3 is 2.79 bits per heavy atom. The summed E-state index contributed by atoms with van der Waals surface area (Å²) in [6.07, 6.45) is 7.19. The minimum atomic E-state index is -0.681. The molecular formula is C22H25ClN4O2. The molecule has 1 atom stereocenters. The largest absolute Gasteiger partial charge is 0.384 e. The lowest BCUT2D eigenvalue weighted by Gasteiger charge is -2.51. The van der Waals surface area contributed by atoms with E-state index in [1.54, 1.807) is 18.3 Å². The molecule has 2 heterocycles. The molecule has 4 rings (SSSR count). The van der Waals surface area contributed by atoms with Gasteiger partial charge in [0.2, 0.25) is 5.91 Å². The SMILES string of the molecule is C=CC(=O)N1CC2(CCCC2)OCC1(C)c1cc(Cl)cc(-c2nccc(N)n2)c1. The van der Waals surface area contributed by atoms with E-state index in [2.05, 4.69) is 16.5 Å². The van der Waals surface area contributed by atoms with E-state index in [0.717, 1.165) is 36.8 Å². The van der Waals surface area contributed by atoms with E-state index in [9.17, 15) is 4.79 Å². The summed E-state index contributed by atoms with van der Waals surface area (Å²) in [6.45, 7) is 6.66. The van der Waals surface area contributed by atoms with E-state index in [1.807, 2.05) is 24.0 Å². The summed E-state index contributed by atoms with van der Waals surface area (Å²) in [5, 5.41) is 0.539. The lowest BCUT2D eigenvalue weighted by molar-refractivity contribution is -0.177. The summed E-state index contributed by atoms with van der Waals surface area (Å²) in [5.41, 5.74) is 6.50. The zero-order valence-corrected chi connectivity index (χ0v) is 17.3. The van der Waals surface area contributed by atoms with Gasteiger partial charge in [0, 0.05) is 16.8 Å². The molecule has 1 aliphatic carbocycles. The second-order valence-electron chi connectivity index (χ2n) is 8.11. The van der Waals surface area contributed by atoms with E-state index in [1.165, 1.54) is 6.08 Å². The van der Waals surface area contributed by atoms with Gasteiger partial charge >= 0.3 is 0 Å². The standard InChI is InChI=1S/C22H25ClN4O2/c1-3-19(28)27-13-22(7-4-5-8-22)29-14-21(27,2)16-10-15(11-17(23)12-16)20-25-9-6-18(24)26-20/h3,6,9-12H,1,4-5,7-8,13-14H2,2H3,(H2,24,25,26). The van der Waals surface area contributed by atoms with Gasteiger partial charge in [0.25, 0.3) is 0 Å². The highest BCUT2D eigenvalue weighted by Gasteiger charge is 2.49. The van der Waals surface area contributed by atoms with Crippen LogP contribution in [-0.2, 0) is 15.1 Å². The highest BCUT2D eigenvalue weighted by molar-refractivity contribution is 6.31. The molecule has 1 unspecified atom stereocenters. The Labute approximate surface area is 175 Å². The second kappa shape index (κ2) is 7.43. The molecule has 2 fully saturated rings. The Morgan fingerprint density at radius 1 is 1.34 bits per heavy atom. The van der Waals surface area contributed by atoms with Gasteiger partial charge in [-0.3, -0.25) is 4.79 Å². The van der Waals surface area contributed by atoms with Gasteiger partial charge in [-0.05, 0) is 55.7 Å². The van der Waals surface area contributed by atoms with Gasteiger partial charge in [-0.1, -0.05) is 31.0 Å². The molecule has 29 heavy (non-hydrogen) atoms. The van der Waals surface area contributed by atoms with Crippen molar-refractivity contribution in [3.63, 3.8) is 0 Å². The fourth-order valence-electron chi connectivity index (χ4n) is 4.41. The molecule has 152 valence electrons. The van der Waals surface area contributed by atoms with E-state index < -0.39 is 5.54 Å². The first-order chi connectivity index (χ1) is 13.8. The molecule has 1 aromatic heterocycles. The van der Waals surface area contributed by atoms with Gasteiger partial charge in [-0.15, -0.1) is 0 Å². The summed E-state index contributed by atoms with van der Waals surface area (Å²) in [5.74, 6) is 0.766. The van der Waals surface area contributed by atoms with Crippen molar-refractivity contribution in [3.8, 4) is 11.4 Å². The molecule has 0 bridgehead atoms. The maximum absolute atomic E-state index is 12.9. The van der Waals surface area contributed by atoms with Crippen molar-refractivity contribution in [1.82, 2.24) is 14.9 Å². The van der Waals surface area contributed by atoms with Crippen molar-refractivity contribution in [1.29, 1.82) is 0 Å². The van der Waals surface area contributed by atoms with Crippen LogP contribution in [0.25, 0.3) is 11.4 Å². The number of hydrogen-bond acceptors (Lipinski definition) is 5. The molecule has 2 N–H and O–H groups in total. The van der Waals surface area contributed by atoms with E-state index >= 15 is 0 Å². The van der Waals surface area contributed by atoms with Crippen molar-refractivity contribution < 1.29 is 9.53 Å². The van der Waals surface area contributed by atoms with Gasteiger partial charge in [-0.25, -0.2) is 9.97 Å². The van der Waals surface area contributed by atoms with Crippen LogP contribution in [0.5, 0.6) is 0 Å². The second-order valence-corrected chi connectivity index (χ2v) is 8.55. The predicted octanol–water partition coefficient (Wildman–Crippen LogP) is 3.95. The van der Waals surface area contributed by atoms with Crippen LogP contribution >= 0.6 is 11.6 Å². The smallest absolute Gasteiger partial charge is 0.246 e. The Morgan fingerprint density at radius 2 is 2.10 bits per heavy atom. The first-order valence-electron chi connectivity index (χ1n) is 9.83. The monoisotopic (exact) mass is 412 g/mol. The topological polar surface area (TPSA) is 81.3 Å². The van der Waals surface area contributed by atoms with Crippen LogP contribution in [0, 0.1) is 0 Å². The maximum atomic E-state index is 12.9. The Balaban J connectivity index is 1.77. The Kier molecular flexibility index (Phi) is 5.09. The molecule has 1 saturated carbocycles. The number of carbonyl (C=O) groups excluding carboxylic acids is 1. The van der Waals surface area contributed by atoms with Crippen LogP contribution in [0.2, 0.25) is 5.02 Å². The van der Waals surface area contributed by atoms with E-state index in [-0.39, 0.29) is 11.5 Å². The highest BCUT2D eigenvalue weighted by Crippen LogP contribution is 2.44. The van der Waals surface area contributed by atoms with Gasteiger partial charge < -0.3 is 15.4 Å². The zero-order chi connectivity index (χ0) is 20.6. The highest BCUT2D eigenvalue weighted by atomic mass is 35.5. The van der Waals surface area contributed by atoms with Crippen LogP contribution in [0.15, 0.2) is 43.1 Å². The Hall–Kier alpha value is -2.44. The number of nitrogens with two attached hydrogens (primary N) is 1. The van der Waals surface area contributed by atoms with Crippen molar-refractivity contribution in [2.24, 2.45) is 0 Å². The first-order valence-corrected chi connectivity index (χ1v) is 10.2. The van der Waals surface area contributed by atoms with Crippen LogP contribution in [-0.4, -0.2) is 39.5 Å². The number of benzene rings is 1. The number of carbonyl (C=O) groups is 1. The van der Waals surface area contributed by atoms with Crippen molar-refractivity contribution in [3.05, 3.63) is 53.7 Å². The van der Waals surface area contributed by atoms with Crippen molar-refractivity contribution >= 4 is 23.3 Å². The van der Waals surface area contributed by atoms with E-state index in [4.69, 9.17) is 22.1 Å². The van der Waals surface area contributed by atoms with Gasteiger partial charge in [-0.2, -0.15) is 0 Å². The van der Waals surface area contributed by atoms with Crippen molar-refractivity contribution in [2.45, 2.75) is 43.7 Å². The first kappa shape index (κ1) is 19.9. The number of nitrogens with zero attached hydrogens (tertiary/aromatic N) is 3. The summed E-state index contributed by atoms with van der Waals surface area (Å²) in [6, 6.07) is 7.26. The molecule has 6 nitrogen and oxygen atoms in total. The van der Waals surface area contributed by atoms with Gasteiger partial charge in [0.15, 0.2) is 5.82 Å². The van der Waals surface area contributed by atoms with Crippen LogP contribution in [0.4, 0.5) is 5.82 Å². The summed E-state index contributed by atoms with van der Waals surface area (Å²) in [7, 11) is 0. The van der Waals surface area contributed by atoms with E-state index in [0.29, 0.717) is 29.8 Å². The number of anilines is 1. The maximum Gasteiger partial charge on any atom is 0.246 e. The zero-order valence-electron chi connectivity index (χ0n) is 16.5. The molecule has 2 aromatic rings. The number of hydrogen-bond donors (Lipinski definition) is 1. The molecule has 0 radical (unpaired) electrons. The molecule has 1 amide bonds. The Bertz CT molecular complexity index is 958. The summed E-state index contributed by atoms with van der Waals surface area (Å²) in [4.78, 5) is 23.4. The van der Waals surface area contributed by atoms with Gasteiger partial charge in [0.05, 0.1) is 24.3 Å².